The van der Waals surface area contributed by atoms with Gasteiger partial charge in [0.2, 0.25) is 5.41 Å². The Morgan fingerprint density at radius 2 is 0.897 bits per heavy atom. The number of nitrogens with two attached hydrogens (primary N) is 2. The summed E-state index contributed by atoms with van der Waals surface area (Å²) in [5, 5.41) is 0. The molecule has 4 N–H and O–H groups in total. The Labute approximate surface area is 220 Å². The molecule has 0 unspecified atom stereocenters. The summed E-state index contributed by atoms with van der Waals surface area (Å²) < 4.78 is 101. The Morgan fingerprint density at radius 3 is 1.23 bits per heavy atom. The minimum atomic E-state index is -5.87. The van der Waals surface area contributed by atoms with E-state index < -0.39 is 40.4 Å². The molecule has 0 heterocycles. The molecular formula is C29H24F6N2O2. The van der Waals surface area contributed by atoms with Crippen molar-refractivity contribution in [2.24, 2.45) is 0 Å². The van der Waals surface area contributed by atoms with Gasteiger partial charge in [-0.15, -0.1) is 0 Å². The molecule has 4 nitrogen and oxygen atoms in total. The van der Waals surface area contributed by atoms with E-state index in [1.807, 2.05) is 0 Å². The van der Waals surface area contributed by atoms with Gasteiger partial charge in [-0.25, -0.2) is 0 Å². The van der Waals surface area contributed by atoms with Crippen molar-refractivity contribution in [2.45, 2.75) is 31.6 Å². The highest BCUT2D eigenvalue weighted by atomic mass is 19.4. The number of hydrogen-bond acceptors (Lipinski definition) is 4. The highest BCUT2D eigenvalue weighted by Gasteiger charge is 2.74. The van der Waals surface area contributed by atoms with Crippen LogP contribution < -0.4 is 20.9 Å². The lowest BCUT2D eigenvalue weighted by molar-refractivity contribution is -0.289. The van der Waals surface area contributed by atoms with E-state index in [1.54, 1.807) is 26.0 Å². The maximum absolute atomic E-state index is 15.0. The van der Waals surface area contributed by atoms with Crippen molar-refractivity contribution in [3.8, 4) is 23.0 Å². The van der Waals surface area contributed by atoms with Gasteiger partial charge in [-0.3, -0.25) is 0 Å². The van der Waals surface area contributed by atoms with Crippen LogP contribution in [0.25, 0.3) is 0 Å². The lowest BCUT2D eigenvalue weighted by Gasteiger charge is -2.39. The van der Waals surface area contributed by atoms with Crippen molar-refractivity contribution >= 4 is 11.4 Å². The van der Waals surface area contributed by atoms with Gasteiger partial charge < -0.3 is 20.9 Å². The Hall–Kier alpha value is -4.34. The summed E-state index contributed by atoms with van der Waals surface area (Å²) in [6.45, 7) is 3.40. The smallest absolute Gasteiger partial charge is 0.411 e. The Morgan fingerprint density at radius 1 is 0.538 bits per heavy atom. The number of aryl methyl sites for hydroxylation is 2. The molecule has 0 bridgehead atoms. The fourth-order valence-electron chi connectivity index (χ4n) is 4.27. The maximum Gasteiger partial charge on any atom is 0.411 e. The maximum atomic E-state index is 15.0. The van der Waals surface area contributed by atoms with E-state index >= 15 is 26.3 Å². The van der Waals surface area contributed by atoms with Crippen molar-refractivity contribution in [3.05, 3.63) is 107 Å². The second kappa shape index (κ2) is 10.1. The van der Waals surface area contributed by atoms with E-state index in [0.717, 1.165) is 36.4 Å². The molecule has 39 heavy (non-hydrogen) atoms. The van der Waals surface area contributed by atoms with Crippen LogP contribution in [-0.4, -0.2) is 12.4 Å². The van der Waals surface area contributed by atoms with Crippen LogP contribution in [0, 0.1) is 13.8 Å². The highest BCUT2D eigenvalue weighted by Crippen LogP contribution is 2.60. The molecule has 0 spiro atoms. The van der Waals surface area contributed by atoms with Crippen molar-refractivity contribution in [2.75, 3.05) is 11.5 Å². The molecule has 10 heteroatoms. The van der Waals surface area contributed by atoms with E-state index in [9.17, 15) is 0 Å². The predicted molar refractivity (Wildman–Crippen MR) is 137 cm³/mol. The normalized spacial score (nSPS) is 12.3. The monoisotopic (exact) mass is 546 g/mol. The fraction of sp³-hybridized carbons (Fsp3) is 0.172. The molecule has 4 rings (SSSR count). The van der Waals surface area contributed by atoms with Crippen LogP contribution in [0.1, 0.15) is 22.3 Å². The molecule has 0 saturated heterocycles. The standard InChI is InChI=1S/C29H24F6N2O2/c1-17-11-13-19(15-23(17)36)38-25-9-5-3-7-21(25)27(28(30,31)32,29(33,34)35)22-8-4-6-10-26(22)39-20-14-12-18(2)24(37)16-20/h3-16H,36-37H2,1-2H3. The zero-order chi connectivity index (χ0) is 28.6. The largest absolute Gasteiger partial charge is 0.457 e. The quantitative estimate of drug-likeness (QED) is 0.188. The Balaban J connectivity index is 1.98. The SMILES string of the molecule is Cc1ccc(Oc2ccccc2C(c2ccccc2Oc2ccc(C)c(N)c2)(C(F)(F)F)C(F)(F)F)cc1N. The van der Waals surface area contributed by atoms with Crippen molar-refractivity contribution in [1.82, 2.24) is 0 Å². The molecule has 204 valence electrons. The summed E-state index contributed by atoms with van der Waals surface area (Å²) in [4.78, 5) is 0. The van der Waals surface area contributed by atoms with Gasteiger partial charge in [0.05, 0.1) is 0 Å². The Kier molecular flexibility index (Phi) is 7.16. The van der Waals surface area contributed by atoms with E-state index in [1.165, 1.54) is 36.4 Å². The van der Waals surface area contributed by atoms with E-state index in [2.05, 4.69) is 0 Å². The second-order valence-electron chi connectivity index (χ2n) is 8.98. The number of nitrogen functional groups attached to an aromatic ring is 2. The minimum Gasteiger partial charge on any atom is -0.457 e. The van der Waals surface area contributed by atoms with Gasteiger partial charge >= 0.3 is 12.4 Å². The highest BCUT2D eigenvalue weighted by molar-refractivity contribution is 5.58. The molecule has 0 radical (unpaired) electrons. The summed E-state index contributed by atoms with van der Waals surface area (Å²) in [7, 11) is 0. The zero-order valence-corrected chi connectivity index (χ0v) is 20.8. The van der Waals surface area contributed by atoms with Crippen LogP contribution in [0.3, 0.4) is 0 Å². The number of para-hydroxylation sites is 2. The molecular weight excluding hydrogens is 522 g/mol. The van der Waals surface area contributed by atoms with Crippen LogP contribution in [0.15, 0.2) is 84.9 Å². The molecule has 0 amide bonds. The van der Waals surface area contributed by atoms with Crippen LogP contribution in [0.5, 0.6) is 23.0 Å². The molecule has 0 aliphatic carbocycles. The first-order chi connectivity index (χ1) is 18.3. The van der Waals surface area contributed by atoms with Crippen LogP contribution >= 0.6 is 0 Å². The lowest BCUT2D eigenvalue weighted by atomic mass is 9.72. The van der Waals surface area contributed by atoms with Crippen LogP contribution in [0.4, 0.5) is 37.7 Å². The van der Waals surface area contributed by atoms with E-state index in [-0.39, 0.29) is 22.9 Å². The summed E-state index contributed by atoms with van der Waals surface area (Å²) in [5.74, 6) is -1.35. The summed E-state index contributed by atoms with van der Waals surface area (Å²) >= 11 is 0. The fourth-order valence-corrected chi connectivity index (χ4v) is 4.27. The average molecular weight is 547 g/mol. The lowest BCUT2D eigenvalue weighted by Crippen LogP contribution is -2.55. The summed E-state index contributed by atoms with van der Waals surface area (Å²) in [5.41, 5.74) is 6.75. The van der Waals surface area contributed by atoms with Gasteiger partial charge in [0.1, 0.15) is 23.0 Å². The number of anilines is 2. The third-order valence-electron chi connectivity index (χ3n) is 6.39. The van der Waals surface area contributed by atoms with Crippen molar-refractivity contribution in [1.29, 1.82) is 0 Å². The van der Waals surface area contributed by atoms with Gasteiger partial charge in [-0.05, 0) is 49.2 Å². The third-order valence-corrected chi connectivity index (χ3v) is 6.39. The van der Waals surface area contributed by atoms with E-state index in [4.69, 9.17) is 20.9 Å². The predicted octanol–water partition coefficient (Wildman–Crippen LogP) is 8.46. The van der Waals surface area contributed by atoms with Gasteiger partial charge in [0.25, 0.3) is 0 Å². The van der Waals surface area contributed by atoms with Crippen LogP contribution in [0.2, 0.25) is 0 Å². The third kappa shape index (κ3) is 5.06. The summed E-state index contributed by atoms with van der Waals surface area (Å²) in [6, 6.07) is 16.9. The topological polar surface area (TPSA) is 70.5 Å². The number of rotatable bonds is 6. The van der Waals surface area contributed by atoms with Crippen molar-refractivity contribution in [3.63, 3.8) is 0 Å². The van der Waals surface area contributed by atoms with Crippen molar-refractivity contribution < 1.29 is 35.8 Å². The zero-order valence-electron chi connectivity index (χ0n) is 20.8. The van der Waals surface area contributed by atoms with Gasteiger partial charge in [-0.2, -0.15) is 26.3 Å². The molecule has 0 aliphatic rings. The molecule has 0 saturated carbocycles. The molecule has 0 fully saturated rings. The number of alkyl halides is 6. The first kappa shape index (κ1) is 27.7. The Bertz CT molecular complexity index is 1390. The molecule has 0 aromatic heterocycles. The average Bonchev–Trinajstić information content (AvgIpc) is 2.84. The summed E-state index contributed by atoms with van der Waals surface area (Å²) in [6.07, 6.45) is -11.7. The minimum absolute atomic E-state index is 0.0246. The first-order valence-electron chi connectivity index (χ1n) is 11.7. The van der Waals surface area contributed by atoms with E-state index in [0.29, 0.717) is 11.1 Å². The van der Waals surface area contributed by atoms with Gasteiger partial charge in [0, 0.05) is 34.6 Å². The first-order valence-corrected chi connectivity index (χ1v) is 11.7. The number of ether oxygens (including phenoxy) is 2. The second-order valence-corrected chi connectivity index (χ2v) is 8.98. The molecule has 0 aliphatic heterocycles. The van der Waals surface area contributed by atoms with Gasteiger partial charge in [0.15, 0.2) is 0 Å². The van der Waals surface area contributed by atoms with Gasteiger partial charge in [-0.1, -0.05) is 48.5 Å². The molecule has 4 aromatic rings. The number of halogens is 6. The molecule has 0 atom stereocenters. The molecule has 4 aromatic carbocycles. The number of benzene rings is 4. The number of hydrogen-bond donors (Lipinski definition) is 2. The van der Waals surface area contributed by atoms with Crippen LogP contribution in [-0.2, 0) is 5.41 Å².